The normalized spacial score (nSPS) is 22.1. The van der Waals surface area contributed by atoms with E-state index in [9.17, 15) is 14.4 Å². The summed E-state index contributed by atoms with van der Waals surface area (Å²) in [6, 6.07) is 0. The number of methoxy groups -OCH3 is 1. The van der Waals surface area contributed by atoms with Crippen molar-refractivity contribution in [3.8, 4) is 0 Å². The molecule has 8 bridgehead atoms. The van der Waals surface area contributed by atoms with Crippen LogP contribution >= 0.6 is 0 Å². The van der Waals surface area contributed by atoms with E-state index in [0.717, 1.165) is 87.6 Å². The molecule has 3 aliphatic rings. The van der Waals surface area contributed by atoms with Crippen molar-refractivity contribution < 1.29 is 23.9 Å². The summed E-state index contributed by atoms with van der Waals surface area (Å²) < 4.78 is 11.0. The Hall–Kier alpha value is -4.02. The number of ether oxygens (including phenoxy) is 2. The van der Waals surface area contributed by atoms with Crippen LogP contribution in [0.15, 0.2) is 23.0 Å². The molecule has 0 amide bonds. The van der Waals surface area contributed by atoms with E-state index in [-0.39, 0.29) is 59.7 Å². The zero-order valence-electron chi connectivity index (χ0n) is 39.4. The van der Waals surface area contributed by atoms with Crippen molar-refractivity contribution in [2.45, 2.75) is 146 Å². The van der Waals surface area contributed by atoms with E-state index < -0.39 is 11.9 Å². The zero-order chi connectivity index (χ0) is 44.1. The molecule has 1 fully saturated rings. The average Bonchev–Trinajstić information content (AvgIpc) is 3.97. The molecular formula is C52H68MgN4O5-2. The number of esters is 2. The molecule has 1 aliphatic carbocycles. The molecule has 0 N–H and O–H groups in total. The monoisotopic (exact) mass is 853 g/mol. The molecule has 6 rings (SSSR count). The van der Waals surface area contributed by atoms with Crippen molar-refractivity contribution >= 4 is 64.6 Å². The van der Waals surface area contributed by atoms with Gasteiger partial charge in [0.25, 0.3) is 0 Å². The van der Waals surface area contributed by atoms with Gasteiger partial charge in [-0.05, 0) is 89.5 Å². The van der Waals surface area contributed by atoms with Crippen LogP contribution in [-0.2, 0) is 31.9 Å². The Bertz CT molecular complexity index is 2350. The molecule has 0 saturated carbocycles. The molecule has 330 valence electrons. The summed E-state index contributed by atoms with van der Waals surface area (Å²) in [6.45, 7) is 21.8. The molecule has 5 heterocycles. The topological polar surface area (TPSA) is 126 Å². The molecule has 3 aromatic heterocycles. The molecule has 0 radical (unpaired) electrons. The van der Waals surface area contributed by atoms with Crippen LogP contribution in [0.4, 0.5) is 0 Å². The second kappa shape index (κ2) is 21.6. The summed E-state index contributed by atoms with van der Waals surface area (Å²) in [5.41, 5.74) is 11.4. The van der Waals surface area contributed by atoms with Crippen LogP contribution in [-0.4, -0.2) is 54.5 Å². The van der Waals surface area contributed by atoms with E-state index in [2.05, 4.69) is 68.4 Å². The van der Waals surface area contributed by atoms with Gasteiger partial charge < -0.3 is 29.7 Å². The van der Waals surface area contributed by atoms with Crippen LogP contribution in [0.5, 0.6) is 0 Å². The van der Waals surface area contributed by atoms with Crippen molar-refractivity contribution in [3.05, 3.63) is 95.2 Å². The van der Waals surface area contributed by atoms with Gasteiger partial charge in [0.1, 0.15) is 12.5 Å². The molecule has 5 atom stereocenters. The number of hydrogen-bond donors (Lipinski definition) is 0. The van der Waals surface area contributed by atoms with E-state index >= 15 is 0 Å². The van der Waals surface area contributed by atoms with Crippen molar-refractivity contribution in [1.82, 2.24) is 15.0 Å². The number of carbonyl (C=O) groups is 3. The Morgan fingerprint density at radius 2 is 1.47 bits per heavy atom. The van der Waals surface area contributed by atoms with Gasteiger partial charge in [0.2, 0.25) is 0 Å². The van der Waals surface area contributed by atoms with Crippen molar-refractivity contribution in [1.29, 1.82) is 0 Å². The number of allylic oxidation sites excluding steroid dienone is 3. The maximum Gasteiger partial charge on any atom is 2.00 e. The number of ketones is 1. The molecule has 0 unspecified atom stereocenters. The van der Waals surface area contributed by atoms with Gasteiger partial charge >= 0.3 is 35.0 Å². The van der Waals surface area contributed by atoms with E-state index in [1.54, 1.807) is 0 Å². The Balaban J connectivity index is 0.00000726. The van der Waals surface area contributed by atoms with E-state index in [1.165, 1.54) is 51.2 Å². The summed E-state index contributed by atoms with van der Waals surface area (Å²) in [4.78, 5) is 56.6. The quantitative estimate of drug-likeness (QED) is 0.0537. The van der Waals surface area contributed by atoms with Gasteiger partial charge in [0, 0.05) is 12.0 Å². The maximum atomic E-state index is 14.3. The fourth-order valence-corrected chi connectivity index (χ4v) is 9.92. The number of hydrogen-bond acceptors (Lipinski definition) is 5. The second-order valence-corrected chi connectivity index (χ2v) is 18.1. The molecule has 2 aliphatic heterocycles. The molecule has 9 nitrogen and oxygen atoms in total. The molecule has 3 aromatic rings. The van der Waals surface area contributed by atoms with Gasteiger partial charge in [-0.15, -0.1) is 33.5 Å². The SMILES string of the molecule is CCC[C@@H](C)CCC[C@@H](C)CCC/C(C)=C/COC(=O)CC[C@@H]1/C2=C3/c4[n-]c(c(C)c4C(=O)[C@@H]3C(=O)OC)/C=c3\[n-]/c(c(C)c3CC)=C\c3[n-]c(c(C)c3CC)/C=C(\[N-]2)[C@H]1C.[Mg+2]. The second-order valence-electron chi connectivity index (χ2n) is 18.1. The molecule has 0 aromatic carbocycles. The number of aromatic nitrogens is 3. The first kappa shape index (κ1) is 49.0. The third-order valence-corrected chi connectivity index (χ3v) is 13.8. The van der Waals surface area contributed by atoms with Gasteiger partial charge in [-0.3, -0.25) is 14.4 Å². The maximum absolute atomic E-state index is 14.3. The van der Waals surface area contributed by atoms with Crippen LogP contribution in [0.25, 0.3) is 29.1 Å². The van der Waals surface area contributed by atoms with Crippen LogP contribution in [0.1, 0.15) is 174 Å². The van der Waals surface area contributed by atoms with E-state index in [0.29, 0.717) is 40.2 Å². The minimum Gasteiger partial charge on any atom is -0.664 e. The van der Waals surface area contributed by atoms with Gasteiger partial charge in [0.05, 0.1) is 7.11 Å². The number of Topliss-reactive ketones (excluding diaryl/α,β-unsaturated/α-hetero) is 1. The van der Waals surface area contributed by atoms with E-state index in [4.69, 9.17) is 29.7 Å². The first-order valence-corrected chi connectivity index (χ1v) is 23.0. The number of nitrogens with zero attached hydrogens (tertiary/aromatic N) is 4. The van der Waals surface area contributed by atoms with Gasteiger partial charge in [-0.25, -0.2) is 0 Å². The predicted molar refractivity (Wildman–Crippen MR) is 250 cm³/mol. The summed E-state index contributed by atoms with van der Waals surface area (Å²) >= 11 is 0. The standard InChI is InChI=1S/C52H69N4O5.Mg/c1-12-17-29(4)18-15-19-30(5)20-16-21-31(6)24-25-61-45(57)23-22-38-34(9)41-26-39-32(7)36(13-2)43(53-39)27-40-33(8)37(14-3)44(54-40)28-42-35(10)46-50(56-42)47(49(38)55-41)48(51(46)58)52(59)60-11;/h24,26-30,34,38,48H,12-23,25H2,1-11H3,(H-,55,56,58);/q-3;+2/p-1/b31-24+,40-27-,41-26-,44-28-;/t29-,30-,34+,38+,48-;/m1./s1. The van der Waals surface area contributed by atoms with Crippen molar-refractivity contribution in [3.63, 3.8) is 0 Å². The molecule has 62 heavy (non-hydrogen) atoms. The minimum atomic E-state index is -1.21. The fourth-order valence-electron chi connectivity index (χ4n) is 9.92. The smallest absolute Gasteiger partial charge is 0.664 e. The number of fused-ring (bicyclic) bond motifs is 7. The Labute approximate surface area is 386 Å². The van der Waals surface area contributed by atoms with Crippen LogP contribution in [0, 0.1) is 50.4 Å². The Kier molecular flexibility index (Phi) is 17.0. The largest absolute Gasteiger partial charge is 2.00 e. The molecular weight excluding hydrogens is 785 g/mol. The molecule has 10 heteroatoms. The number of rotatable bonds is 18. The minimum absolute atomic E-state index is 0. The van der Waals surface area contributed by atoms with Gasteiger partial charge in [-0.2, -0.15) is 11.4 Å². The average molecular weight is 853 g/mol. The summed E-state index contributed by atoms with van der Waals surface area (Å²) in [7, 11) is 1.30. The molecule has 0 spiro atoms. The third kappa shape index (κ3) is 10.3. The van der Waals surface area contributed by atoms with Crippen LogP contribution in [0.3, 0.4) is 0 Å². The summed E-state index contributed by atoms with van der Waals surface area (Å²) in [6.07, 6.45) is 20.1. The molecule has 1 saturated heterocycles. The fraction of sp³-hybridized carbons (Fsp3) is 0.558. The van der Waals surface area contributed by atoms with Crippen LogP contribution in [0.2, 0.25) is 0 Å². The first-order valence-electron chi connectivity index (χ1n) is 23.0. The predicted octanol–water partition coefficient (Wildman–Crippen LogP) is 9.26. The van der Waals surface area contributed by atoms with Gasteiger partial charge in [0.15, 0.2) is 5.78 Å². The summed E-state index contributed by atoms with van der Waals surface area (Å²) in [5, 5.41) is 6.93. The van der Waals surface area contributed by atoms with E-state index in [1.807, 2.05) is 25.2 Å². The third-order valence-electron chi connectivity index (χ3n) is 13.8. The van der Waals surface area contributed by atoms with Crippen LogP contribution < -0.4 is 25.7 Å². The Morgan fingerprint density at radius 1 is 0.806 bits per heavy atom. The summed E-state index contributed by atoms with van der Waals surface area (Å²) in [5.74, 6) is -1.40. The van der Waals surface area contributed by atoms with Crippen molar-refractivity contribution in [2.75, 3.05) is 13.7 Å². The first-order chi connectivity index (χ1) is 29.2. The number of carbonyl (C=O) groups excluding carboxylic acids is 3. The zero-order valence-corrected chi connectivity index (χ0v) is 40.8. The van der Waals surface area contributed by atoms with Crippen molar-refractivity contribution in [2.24, 2.45) is 29.6 Å². The Morgan fingerprint density at radius 3 is 2.15 bits per heavy atom. The van der Waals surface area contributed by atoms with Gasteiger partial charge in [-0.1, -0.05) is 137 Å².